The second-order valence-corrected chi connectivity index (χ2v) is 5.64. The van der Waals surface area contributed by atoms with E-state index in [9.17, 15) is 4.79 Å². The average Bonchev–Trinajstić information content (AvgIpc) is 2.12. The molecule has 0 heterocycles. The summed E-state index contributed by atoms with van der Waals surface area (Å²) in [7, 11) is 0. The lowest BCUT2D eigenvalue weighted by atomic mass is 9.53. The fourth-order valence-corrected chi connectivity index (χ4v) is 4.50. The predicted molar refractivity (Wildman–Crippen MR) is 54.4 cm³/mol. The molecule has 2 nitrogen and oxygen atoms in total. The fourth-order valence-electron chi connectivity index (χ4n) is 4.50. The van der Waals surface area contributed by atoms with Crippen molar-refractivity contribution in [2.75, 3.05) is 0 Å². The summed E-state index contributed by atoms with van der Waals surface area (Å²) < 4.78 is 0. The normalized spacial score (nSPS) is 49.6. The lowest BCUT2D eigenvalue weighted by Gasteiger charge is -2.57. The first-order valence-electron chi connectivity index (χ1n) is 5.84. The number of carbonyl (C=O) groups is 1. The van der Waals surface area contributed by atoms with Gasteiger partial charge in [0.25, 0.3) is 0 Å². The summed E-state index contributed by atoms with van der Waals surface area (Å²) >= 11 is 0. The number of hydrogen-bond donors (Lipinski definition) is 1. The van der Waals surface area contributed by atoms with Crippen LogP contribution in [-0.2, 0) is 4.79 Å². The van der Waals surface area contributed by atoms with Crippen molar-refractivity contribution in [2.45, 2.75) is 44.1 Å². The molecule has 1 radical (unpaired) electrons. The zero-order valence-electron chi connectivity index (χ0n) is 8.54. The molecule has 4 saturated carbocycles. The van der Waals surface area contributed by atoms with Gasteiger partial charge in [0.1, 0.15) is 6.29 Å². The number of hydrogen-bond acceptors (Lipinski definition) is 2. The third kappa shape index (κ3) is 1.31. The van der Waals surface area contributed by atoms with Crippen LogP contribution < -0.4 is 5.32 Å². The molecule has 0 aliphatic heterocycles. The van der Waals surface area contributed by atoms with Crippen LogP contribution in [0.3, 0.4) is 0 Å². The Hall–Kier alpha value is -0.370. The quantitative estimate of drug-likeness (QED) is 0.692. The van der Waals surface area contributed by atoms with Crippen molar-refractivity contribution in [3.63, 3.8) is 0 Å². The smallest absolute Gasteiger partial charge is 0.138 e. The van der Waals surface area contributed by atoms with Crippen LogP contribution in [0.2, 0.25) is 0 Å². The van der Waals surface area contributed by atoms with Crippen molar-refractivity contribution in [2.24, 2.45) is 17.8 Å². The molecule has 0 atom stereocenters. The molecule has 4 aliphatic rings. The molecule has 0 spiro atoms. The van der Waals surface area contributed by atoms with E-state index < -0.39 is 0 Å². The highest BCUT2D eigenvalue weighted by Crippen LogP contribution is 2.55. The molecular weight excluding hydrogens is 174 g/mol. The minimum absolute atomic E-state index is 0.315. The average molecular weight is 192 g/mol. The predicted octanol–water partition coefficient (Wildman–Crippen LogP) is 1.91. The Labute approximate surface area is 85.4 Å². The van der Waals surface area contributed by atoms with Gasteiger partial charge in [-0.3, -0.25) is 0 Å². The maximum atomic E-state index is 10.4. The molecule has 2 heteroatoms. The van der Waals surface area contributed by atoms with Gasteiger partial charge in [0.05, 0.1) is 6.54 Å². The minimum atomic E-state index is 0.315. The summed E-state index contributed by atoms with van der Waals surface area (Å²) in [6, 6.07) is 0. The van der Waals surface area contributed by atoms with Crippen molar-refractivity contribution >= 4 is 6.29 Å². The molecule has 0 unspecified atom stereocenters. The molecule has 0 saturated heterocycles. The van der Waals surface area contributed by atoms with Crippen LogP contribution in [0, 0.1) is 24.3 Å². The van der Waals surface area contributed by atoms with E-state index in [1.165, 1.54) is 38.5 Å². The van der Waals surface area contributed by atoms with Crippen LogP contribution in [0.15, 0.2) is 0 Å². The summed E-state index contributed by atoms with van der Waals surface area (Å²) in [5, 5.41) is 3.38. The topological polar surface area (TPSA) is 29.1 Å². The Morgan fingerprint density at radius 1 is 1.00 bits per heavy atom. The molecule has 4 bridgehead atoms. The number of aldehydes is 1. The molecule has 0 aromatic carbocycles. The lowest BCUT2D eigenvalue weighted by molar-refractivity contribution is -0.106. The highest BCUT2D eigenvalue weighted by atomic mass is 16.1. The number of carbonyl (C=O) groups excluding carboxylic acids is 1. The molecule has 4 aliphatic carbocycles. The largest absolute Gasteiger partial charge is 0.302 e. The summed E-state index contributed by atoms with van der Waals surface area (Å²) in [6.07, 6.45) is 9.20. The molecule has 0 aromatic rings. The van der Waals surface area contributed by atoms with Crippen molar-refractivity contribution in [1.29, 1.82) is 0 Å². The van der Waals surface area contributed by atoms with Crippen LogP contribution >= 0.6 is 0 Å². The maximum Gasteiger partial charge on any atom is 0.138 e. The van der Waals surface area contributed by atoms with Crippen molar-refractivity contribution in [1.82, 2.24) is 5.32 Å². The molecule has 4 fully saturated rings. The summed E-state index contributed by atoms with van der Waals surface area (Å²) in [6.45, 7) is 1.62. The van der Waals surface area contributed by atoms with Gasteiger partial charge in [-0.25, -0.2) is 0 Å². The van der Waals surface area contributed by atoms with E-state index in [1.54, 1.807) is 6.54 Å². The van der Waals surface area contributed by atoms with Crippen LogP contribution in [0.4, 0.5) is 0 Å². The van der Waals surface area contributed by atoms with E-state index >= 15 is 0 Å². The zero-order chi connectivity index (χ0) is 9.60. The van der Waals surface area contributed by atoms with E-state index in [2.05, 4.69) is 5.32 Å². The monoisotopic (exact) mass is 192 g/mol. The van der Waals surface area contributed by atoms with Gasteiger partial charge in [0.15, 0.2) is 0 Å². The second-order valence-electron chi connectivity index (χ2n) is 5.64. The fraction of sp³-hybridized carbons (Fsp3) is 0.833. The minimum Gasteiger partial charge on any atom is -0.302 e. The van der Waals surface area contributed by atoms with E-state index in [0.29, 0.717) is 5.54 Å². The van der Waals surface area contributed by atoms with Gasteiger partial charge in [-0.1, -0.05) is 0 Å². The molecule has 0 aromatic heterocycles. The van der Waals surface area contributed by atoms with Gasteiger partial charge in [0.2, 0.25) is 0 Å². The van der Waals surface area contributed by atoms with Gasteiger partial charge in [-0.2, -0.15) is 0 Å². The van der Waals surface area contributed by atoms with E-state index in [-0.39, 0.29) is 0 Å². The lowest BCUT2D eigenvalue weighted by Crippen LogP contribution is -2.57. The van der Waals surface area contributed by atoms with E-state index in [1.807, 2.05) is 0 Å². The molecule has 4 rings (SSSR count). The first kappa shape index (κ1) is 8.90. The number of rotatable bonds is 3. The van der Waals surface area contributed by atoms with E-state index in [4.69, 9.17) is 0 Å². The van der Waals surface area contributed by atoms with Gasteiger partial charge in [0, 0.05) is 5.54 Å². The Kier molecular flexibility index (Phi) is 1.94. The standard InChI is InChI=1S/C12H18NO/c14-2-1-13-12-6-9-3-10(7-12)5-11(4-9)8-12/h1-2,9-11,13H,3-8H2. The maximum absolute atomic E-state index is 10.4. The Morgan fingerprint density at radius 2 is 1.50 bits per heavy atom. The van der Waals surface area contributed by atoms with Crippen LogP contribution in [0.1, 0.15) is 38.5 Å². The Balaban J connectivity index is 1.77. The van der Waals surface area contributed by atoms with Crippen LogP contribution in [0.5, 0.6) is 0 Å². The first-order chi connectivity index (χ1) is 6.80. The second kappa shape index (κ2) is 3.06. The van der Waals surface area contributed by atoms with Crippen molar-refractivity contribution in [3.8, 4) is 0 Å². The number of nitrogens with one attached hydrogen (secondary N) is 1. The van der Waals surface area contributed by atoms with Gasteiger partial charge >= 0.3 is 0 Å². The highest BCUT2D eigenvalue weighted by molar-refractivity contribution is 5.60. The van der Waals surface area contributed by atoms with Crippen molar-refractivity contribution < 1.29 is 4.79 Å². The highest BCUT2D eigenvalue weighted by Gasteiger charge is 2.50. The molecule has 1 N–H and O–H groups in total. The molecular formula is C12H18NO. The Morgan fingerprint density at radius 3 is 1.93 bits per heavy atom. The van der Waals surface area contributed by atoms with E-state index in [0.717, 1.165) is 24.0 Å². The van der Waals surface area contributed by atoms with Gasteiger partial charge in [-0.15, -0.1) is 0 Å². The van der Waals surface area contributed by atoms with Gasteiger partial charge < -0.3 is 10.1 Å². The molecule has 0 amide bonds. The SMILES string of the molecule is O=C[CH]NC12CC3CC(CC(C3)C1)C2. The third-order valence-electron chi connectivity index (χ3n) is 4.50. The zero-order valence-corrected chi connectivity index (χ0v) is 8.54. The summed E-state index contributed by atoms with van der Waals surface area (Å²) in [5.74, 6) is 2.86. The summed E-state index contributed by atoms with van der Waals surface area (Å²) in [5.41, 5.74) is 0.315. The summed E-state index contributed by atoms with van der Waals surface area (Å²) in [4.78, 5) is 10.4. The third-order valence-corrected chi connectivity index (χ3v) is 4.50. The Bertz CT molecular complexity index is 213. The van der Waals surface area contributed by atoms with Gasteiger partial charge in [-0.05, 0) is 56.3 Å². The molecule has 77 valence electrons. The van der Waals surface area contributed by atoms with Crippen LogP contribution in [0.25, 0.3) is 0 Å². The molecule has 14 heavy (non-hydrogen) atoms. The van der Waals surface area contributed by atoms with Crippen molar-refractivity contribution in [3.05, 3.63) is 6.54 Å². The first-order valence-corrected chi connectivity index (χ1v) is 5.84. The van der Waals surface area contributed by atoms with Crippen LogP contribution in [-0.4, -0.2) is 11.8 Å².